The maximum absolute atomic E-state index is 12.8. The lowest BCUT2D eigenvalue weighted by molar-refractivity contribution is -0.384. The fourth-order valence-electron chi connectivity index (χ4n) is 3.30. The van der Waals surface area contributed by atoms with Crippen LogP contribution in [0.4, 0.5) is 5.69 Å². The van der Waals surface area contributed by atoms with Crippen LogP contribution in [0, 0.1) is 10.1 Å². The van der Waals surface area contributed by atoms with Crippen LogP contribution in [0.25, 0.3) is 10.1 Å². The van der Waals surface area contributed by atoms with E-state index in [1.165, 1.54) is 34.8 Å². The van der Waals surface area contributed by atoms with Gasteiger partial charge in [-0.2, -0.15) is 0 Å². The second-order valence-corrected chi connectivity index (χ2v) is 10.7. The Hall–Kier alpha value is -2.34. The molecule has 0 saturated carbocycles. The van der Waals surface area contributed by atoms with E-state index in [2.05, 4.69) is 4.72 Å². The Labute approximate surface area is 175 Å². The first-order chi connectivity index (χ1) is 13.8. The number of likely N-dealkylation sites (tertiary alicyclic amines) is 1. The quantitative estimate of drug-likeness (QED) is 0.472. The predicted molar refractivity (Wildman–Crippen MR) is 112 cm³/mol. The van der Waals surface area contributed by atoms with Gasteiger partial charge in [-0.1, -0.05) is 6.07 Å². The van der Waals surface area contributed by atoms with Crippen LogP contribution in [0.1, 0.15) is 22.5 Å². The number of nitrogens with one attached hydrogen (secondary N) is 1. The van der Waals surface area contributed by atoms with Crippen LogP contribution >= 0.6 is 22.7 Å². The highest BCUT2D eigenvalue weighted by atomic mass is 32.2. The van der Waals surface area contributed by atoms with Gasteiger partial charge in [-0.25, -0.2) is 13.1 Å². The number of fused-ring (bicyclic) bond motifs is 1. The summed E-state index contributed by atoms with van der Waals surface area (Å²) >= 11 is 2.47. The molecule has 1 aliphatic rings. The molecular formula is C18H17N3O5S3. The molecule has 0 unspecified atom stereocenters. The van der Waals surface area contributed by atoms with Crippen molar-refractivity contribution in [2.24, 2.45) is 0 Å². The van der Waals surface area contributed by atoms with Gasteiger partial charge in [-0.3, -0.25) is 14.9 Å². The number of amides is 1. The Morgan fingerprint density at radius 3 is 2.62 bits per heavy atom. The van der Waals surface area contributed by atoms with Crippen molar-refractivity contribution in [2.75, 3.05) is 13.1 Å². The van der Waals surface area contributed by atoms with E-state index in [1.54, 1.807) is 34.5 Å². The fraction of sp³-hybridized carbons (Fsp3) is 0.278. The summed E-state index contributed by atoms with van der Waals surface area (Å²) in [5.74, 6) is -0.131. The van der Waals surface area contributed by atoms with E-state index in [-0.39, 0.29) is 21.8 Å². The summed E-state index contributed by atoms with van der Waals surface area (Å²) in [6.07, 6.45) is 1.07. The number of non-ortho nitro benzene ring substituents is 1. The van der Waals surface area contributed by atoms with Gasteiger partial charge in [0.25, 0.3) is 11.6 Å². The zero-order valence-corrected chi connectivity index (χ0v) is 17.6. The van der Waals surface area contributed by atoms with Crippen molar-refractivity contribution in [3.05, 3.63) is 56.8 Å². The number of nitrogens with zero attached hydrogens (tertiary/aromatic N) is 2. The minimum atomic E-state index is -3.52. The average Bonchev–Trinajstić information content (AvgIpc) is 3.37. The first-order valence-electron chi connectivity index (χ1n) is 8.86. The molecule has 8 nitrogen and oxygen atoms in total. The molecule has 2 aromatic heterocycles. The molecule has 152 valence electrons. The third-order valence-electron chi connectivity index (χ3n) is 4.79. The van der Waals surface area contributed by atoms with Crippen molar-refractivity contribution in [1.29, 1.82) is 0 Å². The smallest absolute Gasteiger partial charge is 0.270 e. The van der Waals surface area contributed by atoms with E-state index < -0.39 is 14.9 Å². The third-order valence-corrected chi connectivity index (χ3v) is 8.81. The number of hydrogen-bond donors (Lipinski definition) is 1. The molecule has 4 rings (SSSR count). The average molecular weight is 452 g/mol. The first-order valence-corrected chi connectivity index (χ1v) is 12.0. The first kappa shape index (κ1) is 20.0. The Bertz CT molecular complexity index is 1160. The van der Waals surface area contributed by atoms with Gasteiger partial charge in [-0.15, -0.1) is 22.7 Å². The van der Waals surface area contributed by atoms with Gasteiger partial charge in [0.2, 0.25) is 10.0 Å². The molecule has 3 heterocycles. The highest BCUT2D eigenvalue weighted by molar-refractivity contribution is 7.91. The summed E-state index contributed by atoms with van der Waals surface area (Å²) in [6.45, 7) is 0.899. The molecule has 1 fully saturated rings. The van der Waals surface area contributed by atoms with Crippen molar-refractivity contribution in [3.63, 3.8) is 0 Å². The summed E-state index contributed by atoms with van der Waals surface area (Å²) in [6, 6.07) is 9.28. The normalized spacial score (nSPS) is 15.7. The number of hydrogen-bond acceptors (Lipinski definition) is 7. The lowest BCUT2D eigenvalue weighted by Gasteiger charge is -2.31. The minimum Gasteiger partial charge on any atom is -0.338 e. The molecule has 3 aromatic rings. The van der Waals surface area contributed by atoms with Crippen LogP contribution < -0.4 is 4.72 Å². The van der Waals surface area contributed by atoms with Crippen LogP contribution in [0.15, 0.2) is 46.0 Å². The van der Waals surface area contributed by atoms with Crippen LogP contribution in [-0.2, 0) is 10.0 Å². The molecule has 0 aliphatic carbocycles. The van der Waals surface area contributed by atoms with Crippen molar-refractivity contribution >= 4 is 54.4 Å². The lowest BCUT2D eigenvalue weighted by Crippen LogP contribution is -2.46. The van der Waals surface area contributed by atoms with Gasteiger partial charge in [0.15, 0.2) is 0 Å². The van der Waals surface area contributed by atoms with Gasteiger partial charge < -0.3 is 4.90 Å². The topological polar surface area (TPSA) is 110 Å². The monoisotopic (exact) mass is 451 g/mol. The summed E-state index contributed by atoms with van der Waals surface area (Å²) in [4.78, 5) is 25.5. The highest BCUT2D eigenvalue weighted by Gasteiger charge is 2.28. The molecule has 1 saturated heterocycles. The number of carbonyl (C=O) groups excluding carboxylic acids is 1. The zero-order chi connectivity index (χ0) is 20.6. The molecule has 1 aliphatic heterocycles. The zero-order valence-electron chi connectivity index (χ0n) is 15.1. The molecule has 0 bridgehead atoms. The summed E-state index contributed by atoms with van der Waals surface area (Å²) in [5.41, 5.74) is -0.00635. The summed E-state index contributed by atoms with van der Waals surface area (Å²) < 4.78 is 28.5. The van der Waals surface area contributed by atoms with Gasteiger partial charge in [0.1, 0.15) is 4.21 Å². The number of nitro benzene ring substituents is 1. The number of benzene rings is 1. The van der Waals surface area contributed by atoms with Crippen LogP contribution in [0.5, 0.6) is 0 Å². The second-order valence-electron chi connectivity index (χ2n) is 6.71. The summed E-state index contributed by atoms with van der Waals surface area (Å²) in [5, 5.41) is 13.3. The van der Waals surface area contributed by atoms with Crippen molar-refractivity contribution in [1.82, 2.24) is 9.62 Å². The van der Waals surface area contributed by atoms with Crippen molar-refractivity contribution in [3.8, 4) is 0 Å². The van der Waals surface area contributed by atoms with E-state index in [1.807, 2.05) is 0 Å². The maximum atomic E-state index is 12.8. The Balaban J connectivity index is 1.41. The molecule has 11 heteroatoms. The van der Waals surface area contributed by atoms with Gasteiger partial charge in [-0.05, 0) is 36.4 Å². The van der Waals surface area contributed by atoms with E-state index in [4.69, 9.17) is 0 Å². The van der Waals surface area contributed by atoms with Gasteiger partial charge in [0.05, 0.1) is 9.80 Å². The highest BCUT2D eigenvalue weighted by Crippen LogP contribution is 2.30. The van der Waals surface area contributed by atoms with E-state index >= 15 is 0 Å². The molecule has 0 radical (unpaired) electrons. The molecule has 1 amide bonds. The van der Waals surface area contributed by atoms with Crippen molar-refractivity contribution in [2.45, 2.75) is 23.1 Å². The SMILES string of the molecule is O=C(c1cc2cc([N+](=O)[O-])ccc2s1)N1CCC(NS(=O)(=O)c2cccs2)CC1. The van der Waals surface area contributed by atoms with E-state index in [0.29, 0.717) is 36.2 Å². The minimum absolute atomic E-state index is 0.00635. The van der Waals surface area contributed by atoms with Crippen LogP contribution in [0.3, 0.4) is 0 Å². The lowest BCUT2D eigenvalue weighted by atomic mass is 10.1. The Kier molecular flexibility index (Phi) is 5.38. The molecule has 1 N–H and O–H groups in total. The molecule has 0 atom stereocenters. The Morgan fingerprint density at radius 2 is 1.97 bits per heavy atom. The molecule has 1 aromatic carbocycles. The van der Waals surface area contributed by atoms with Gasteiger partial charge >= 0.3 is 0 Å². The number of rotatable bonds is 5. The molecule has 29 heavy (non-hydrogen) atoms. The van der Waals surface area contributed by atoms with Gasteiger partial charge in [0, 0.05) is 41.4 Å². The number of sulfonamides is 1. The Morgan fingerprint density at radius 1 is 1.21 bits per heavy atom. The summed E-state index contributed by atoms with van der Waals surface area (Å²) in [7, 11) is -3.52. The number of piperidine rings is 1. The molecular weight excluding hydrogens is 434 g/mol. The number of nitro groups is 1. The largest absolute Gasteiger partial charge is 0.338 e. The molecule has 0 spiro atoms. The predicted octanol–water partition coefficient (Wildman–Crippen LogP) is 3.45. The standard InChI is InChI=1S/C18H17N3O5S3/c22-18(16-11-12-10-14(21(23)24)3-4-15(12)28-16)20-7-5-13(6-8-20)19-29(25,26)17-2-1-9-27-17/h1-4,9-11,13,19H,5-8H2. The maximum Gasteiger partial charge on any atom is 0.270 e. The van der Waals surface area contributed by atoms with Crippen LogP contribution in [0.2, 0.25) is 0 Å². The second kappa shape index (κ2) is 7.82. The fourth-order valence-corrected chi connectivity index (χ4v) is 6.63. The third kappa shape index (κ3) is 4.17. The van der Waals surface area contributed by atoms with Crippen molar-refractivity contribution < 1.29 is 18.1 Å². The van der Waals surface area contributed by atoms with E-state index in [9.17, 15) is 23.3 Å². The number of carbonyl (C=O) groups is 1. The number of thiophene rings is 2. The van der Waals surface area contributed by atoms with Crippen LogP contribution in [-0.4, -0.2) is 43.3 Å². The van der Waals surface area contributed by atoms with E-state index in [0.717, 1.165) is 4.70 Å².